The summed E-state index contributed by atoms with van der Waals surface area (Å²) in [5.41, 5.74) is 2.45. The number of hydrogen-bond acceptors (Lipinski definition) is 3. The largest absolute Gasteiger partial charge is 0.468 e. The van der Waals surface area contributed by atoms with E-state index in [0.717, 1.165) is 18.8 Å². The van der Waals surface area contributed by atoms with Crippen LogP contribution >= 0.6 is 0 Å². The third-order valence-corrected chi connectivity index (χ3v) is 3.15. The van der Waals surface area contributed by atoms with Crippen LogP contribution in [0.15, 0.2) is 53.0 Å². The van der Waals surface area contributed by atoms with Crippen LogP contribution in [-0.4, -0.2) is 13.7 Å². The molecule has 3 heteroatoms. The number of ether oxygens (including phenoxy) is 1. The Labute approximate surface area is 120 Å². The van der Waals surface area contributed by atoms with Gasteiger partial charge in [0.2, 0.25) is 0 Å². The summed E-state index contributed by atoms with van der Waals surface area (Å²) in [6, 6.07) is 12.3. The zero-order chi connectivity index (χ0) is 14.4. The number of furan rings is 1. The normalized spacial score (nSPS) is 10.9. The van der Waals surface area contributed by atoms with Gasteiger partial charge in [0.15, 0.2) is 0 Å². The molecule has 1 aromatic heterocycles. The fraction of sp³-hybridized carbons (Fsp3) is 0.294. The first-order chi connectivity index (χ1) is 9.72. The van der Waals surface area contributed by atoms with Crippen molar-refractivity contribution in [1.29, 1.82) is 0 Å². The van der Waals surface area contributed by atoms with Crippen molar-refractivity contribution >= 4 is 5.69 Å². The average molecular weight is 271 g/mol. The smallest absolute Gasteiger partial charge is 0.284 e. The van der Waals surface area contributed by atoms with Crippen molar-refractivity contribution in [2.75, 3.05) is 18.6 Å². The number of hydrogen-bond donors (Lipinski definition) is 0. The number of benzene rings is 1. The van der Waals surface area contributed by atoms with Gasteiger partial charge in [0.25, 0.3) is 5.95 Å². The van der Waals surface area contributed by atoms with Crippen molar-refractivity contribution in [2.45, 2.75) is 20.4 Å². The monoisotopic (exact) mass is 271 g/mol. The molecule has 2 aromatic rings. The first-order valence-electron chi connectivity index (χ1n) is 6.78. The second-order valence-electron chi connectivity index (χ2n) is 4.71. The Morgan fingerprint density at radius 1 is 1.15 bits per heavy atom. The number of aryl methyl sites for hydroxylation is 1. The minimum atomic E-state index is 0.551. The molecule has 0 bridgehead atoms. The van der Waals surface area contributed by atoms with Crippen LogP contribution in [-0.2, 0) is 6.54 Å². The second kappa shape index (κ2) is 6.85. The van der Waals surface area contributed by atoms with Crippen LogP contribution in [0, 0.1) is 6.92 Å². The Morgan fingerprint density at radius 2 is 1.90 bits per heavy atom. The van der Waals surface area contributed by atoms with E-state index >= 15 is 0 Å². The highest BCUT2D eigenvalue weighted by molar-refractivity contribution is 5.48. The van der Waals surface area contributed by atoms with Crippen molar-refractivity contribution in [3.8, 4) is 5.95 Å². The predicted molar refractivity (Wildman–Crippen MR) is 82.3 cm³/mol. The summed E-state index contributed by atoms with van der Waals surface area (Å²) in [6.45, 7) is 5.69. The minimum absolute atomic E-state index is 0.551. The van der Waals surface area contributed by atoms with E-state index in [1.54, 1.807) is 7.11 Å². The molecule has 0 aliphatic rings. The third kappa shape index (κ3) is 3.67. The summed E-state index contributed by atoms with van der Waals surface area (Å²) < 4.78 is 10.7. The summed E-state index contributed by atoms with van der Waals surface area (Å²) in [5, 5.41) is 0. The Balaban J connectivity index is 2.16. The van der Waals surface area contributed by atoms with E-state index < -0.39 is 0 Å². The third-order valence-electron chi connectivity index (χ3n) is 3.15. The maximum atomic E-state index is 5.60. The molecule has 0 unspecified atom stereocenters. The van der Waals surface area contributed by atoms with Crippen molar-refractivity contribution in [3.63, 3.8) is 0 Å². The van der Waals surface area contributed by atoms with Crippen LogP contribution < -0.4 is 9.64 Å². The number of allylic oxidation sites excluding steroid dienone is 1. The molecule has 0 aliphatic carbocycles. The Hall–Kier alpha value is -2.16. The summed E-state index contributed by atoms with van der Waals surface area (Å²) in [6.07, 6.45) is 4.20. The van der Waals surface area contributed by atoms with E-state index in [-0.39, 0.29) is 0 Å². The van der Waals surface area contributed by atoms with Gasteiger partial charge in [-0.25, -0.2) is 0 Å². The van der Waals surface area contributed by atoms with E-state index in [0.29, 0.717) is 5.95 Å². The summed E-state index contributed by atoms with van der Waals surface area (Å²) in [4.78, 5) is 2.26. The fourth-order valence-corrected chi connectivity index (χ4v) is 1.99. The lowest BCUT2D eigenvalue weighted by Crippen LogP contribution is -2.22. The lowest BCUT2D eigenvalue weighted by atomic mass is 10.2. The van der Waals surface area contributed by atoms with Crippen molar-refractivity contribution < 1.29 is 9.15 Å². The fourth-order valence-electron chi connectivity index (χ4n) is 1.99. The van der Waals surface area contributed by atoms with Crippen LogP contribution in [0.1, 0.15) is 18.2 Å². The Morgan fingerprint density at radius 3 is 2.50 bits per heavy atom. The highest BCUT2D eigenvalue weighted by atomic mass is 16.6. The van der Waals surface area contributed by atoms with Crippen LogP contribution in [0.2, 0.25) is 0 Å². The average Bonchev–Trinajstić information content (AvgIpc) is 2.92. The summed E-state index contributed by atoms with van der Waals surface area (Å²) in [7, 11) is 1.61. The van der Waals surface area contributed by atoms with Gasteiger partial charge in [0, 0.05) is 18.3 Å². The topological polar surface area (TPSA) is 25.6 Å². The molecule has 0 saturated carbocycles. The van der Waals surface area contributed by atoms with Crippen LogP contribution in [0.3, 0.4) is 0 Å². The zero-order valence-electron chi connectivity index (χ0n) is 12.3. The molecular formula is C17H21NO2. The van der Waals surface area contributed by atoms with Gasteiger partial charge in [-0.05, 0) is 32.0 Å². The number of methoxy groups -OCH3 is 1. The highest BCUT2D eigenvalue weighted by Gasteiger charge is 2.09. The first kappa shape index (κ1) is 14.3. The highest BCUT2D eigenvalue weighted by Crippen LogP contribution is 2.21. The quantitative estimate of drug-likeness (QED) is 0.737. The molecule has 0 spiro atoms. The molecule has 0 aliphatic heterocycles. The predicted octanol–water partition coefficient (Wildman–Crippen LogP) is 4.18. The minimum Gasteiger partial charge on any atom is -0.468 e. The van der Waals surface area contributed by atoms with E-state index in [2.05, 4.69) is 48.2 Å². The lowest BCUT2D eigenvalue weighted by molar-refractivity contribution is 0.294. The number of nitrogens with zero attached hydrogens (tertiary/aromatic N) is 1. The molecule has 1 heterocycles. The lowest BCUT2D eigenvalue weighted by Gasteiger charge is -2.22. The molecule has 0 atom stereocenters. The molecule has 0 N–H and O–H groups in total. The molecule has 0 radical (unpaired) electrons. The Bertz CT molecular complexity index is 555. The van der Waals surface area contributed by atoms with Gasteiger partial charge in [-0.1, -0.05) is 29.8 Å². The molecule has 1 aromatic carbocycles. The molecule has 3 nitrogen and oxygen atoms in total. The van der Waals surface area contributed by atoms with Crippen molar-refractivity contribution in [3.05, 3.63) is 59.9 Å². The van der Waals surface area contributed by atoms with Crippen LogP contribution in [0.4, 0.5) is 5.69 Å². The first-order valence-corrected chi connectivity index (χ1v) is 6.78. The molecule has 0 amide bonds. The second-order valence-corrected chi connectivity index (χ2v) is 4.71. The Kier molecular flexibility index (Phi) is 4.88. The van der Waals surface area contributed by atoms with Gasteiger partial charge in [-0.2, -0.15) is 0 Å². The number of rotatable bonds is 6. The standard InChI is InChI=1S/C17H21NO2/c1-4-5-12-18(15-8-6-14(2)7-9-15)13-16-10-11-17(19-3)20-16/h4-11H,12-13H2,1-3H3/b5-4-. The van der Waals surface area contributed by atoms with Crippen molar-refractivity contribution in [1.82, 2.24) is 0 Å². The molecule has 106 valence electrons. The van der Waals surface area contributed by atoms with Crippen LogP contribution in [0.5, 0.6) is 5.95 Å². The maximum absolute atomic E-state index is 5.60. The molecular weight excluding hydrogens is 250 g/mol. The molecule has 0 saturated heterocycles. The van der Waals surface area contributed by atoms with E-state index in [9.17, 15) is 0 Å². The molecule has 20 heavy (non-hydrogen) atoms. The van der Waals surface area contributed by atoms with Gasteiger partial charge in [-0.3, -0.25) is 0 Å². The maximum Gasteiger partial charge on any atom is 0.284 e. The van der Waals surface area contributed by atoms with Gasteiger partial charge in [-0.15, -0.1) is 0 Å². The van der Waals surface area contributed by atoms with E-state index in [1.165, 1.54) is 11.3 Å². The van der Waals surface area contributed by atoms with Crippen LogP contribution in [0.25, 0.3) is 0 Å². The summed E-state index contributed by atoms with van der Waals surface area (Å²) in [5.74, 6) is 1.45. The summed E-state index contributed by atoms with van der Waals surface area (Å²) >= 11 is 0. The van der Waals surface area contributed by atoms with E-state index in [1.807, 2.05) is 19.1 Å². The van der Waals surface area contributed by atoms with Gasteiger partial charge >= 0.3 is 0 Å². The van der Waals surface area contributed by atoms with Gasteiger partial charge < -0.3 is 14.1 Å². The van der Waals surface area contributed by atoms with Gasteiger partial charge in [0.1, 0.15) is 5.76 Å². The molecule has 2 rings (SSSR count). The van der Waals surface area contributed by atoms with Crippen molar-refractivity contribution in [2.24, 2.45) is 0 Å². The number of anilines is 1. The molecule has 0 fully saturated rings. The SMILES string of the molecule is C/C=C\CN(Cc1ccc(OC)o1)c1ccc(C)cc1. The van der Waals surface area contributed by atoms with Gasteiger partial charge in [0.05, 0.1) is 13.7 Å². The van der Waals surface area contributed by atoms with E-state index in [4.69, 9.17) is 9.15 Å². The zero-order valence-corrected chi connectivity index (χ0v) is 12.3.